The summed E-state index contributed by atoms with van der Waals surface area (Å²) >= 11 is 7.32. The molecule has 0 bridgehead atoms. The van der Waals surface area contributed by atoms with E-state index in [2.05, 4.69) is 15.3 Å². The molecule has 0 amide bonds. The largest absolute Gasteiger partial charge is 0.360 e. The second-order valence-electron chi connectivity index (χ2n) is 3.97. The summed E-state index contributed by atoms with van der Waals surface area (Å²) in [5, 5.41) is 18.0. The lowest BCUT2D eigenvalue weighted by atomic mass is 10.2. The molecule has 0 saturated heterocycles. The highest BCUT2D eigenvalue weighted by atomic mass is 35.5. The van der Waals surface area contributed by atoms with Crippen LogP contribution in [0.1, 0.15) is 16.8 Å². The van der Waals surface area contributed by atoms with Gasteiger partial charge < -0.3 is 5.32 Å². The summed E-state index contributed by atoms with van der Waals surface area (Å²) in [5.41, 5.74) is 2.32. The molecule has 1 N–H and O–H groups in total. The predicted octanol–water partition coefficient (Wildman–Crippen LogP) is 3.33. The zero-order valence-corrected chi connectivity index (χ0v) is 11.9. The third kappa shape index (κ3) is 2.99. The van der Waals surface area contributed by atoms with Crippen molar-refractivity contribution < 1.29 is 4.92 Å². The average molecular weight is 299 g/mol. The molecule has 2 aromatic heterocycles. The fraction of sp³-hybridized carbons (Fsp3) is 0.273. The van der Waals surface area contributed by atoms with Gasteiger partial charge in [0.2, 0.25) is 11.1 Å². The van der Waals surface area contributed by atoms with E-state index in [9.17, 15) is 10.1 Å². The van der Waals surface area contributed by atoms with Crippen LogP contribution in [-0.2, 0) is 6.54 Å². The molecule has 19 heavy (non-hydrogen) atoms. The first-order valence-corrected chi connectivity index (χ1v) is 6.75. The summed E-state index contributed by atoms with van der Waals surface area (Å²) in [6.07, 6.45) is 0. The van der Waals surface area contributed by atoms with Crippen molar-refractivity contribution in [1.29, 1.82) is 0 Å². The zero-order chi connectivity index (χ0) is 14.0. The highest BCUT2D eigenvalue weighted by molar-refractivity contribution is 7.08. The van der Waals surface area contributed by atoms with Gasteiger partial charge in [0.1, 0.15) is 5.69 Å². The maximum atomic E-state index is 11.0. The third-order valence-corrected chi connectivity index (χ3v) is 3.70. The molecule has 0 radical (unpaired) electrons. The number of thiophene rings is 1. The molecular weight excluding hydrogens is 288 g/mol. The molecule has 2 rings (SSSR count). The molecule has 0 spiro atoms. The second-order valence-corrected chi connectivity index (χ2v) is 5.05. The molecule has 0 fully saturated rings. The molecular formula is C11H11ClN4O2S. The second kappa shape index (κ2) is 5.50. The molecule has 6 nitrogen and oxygen atoms in total. The molecule has 0 aliphatic rings. The van der Waals surface area contributed by atoms with Crippen molar-refractivity contribution in [2.75, 3.05) is 5.32 Å². The van der Waals surface area contributed by atoms with Crippen molar-refractivity contribution in [3.8, 4) is 0 Å². The Morgan fingerprint density at radius 3 is 2.74 bits per heavy atom. The number of nitrogens with zero attached hydrogens (tertiary/aromatic N) is 3. The topological polar surface area (TPSA) is 81.0 Å². The minimum atomic E-state index is -0.505. The molecule has 0 aliphatic carbocycles. The normalized spacial score (nSPS) is 10.5. The van der Waals surface area contributed by atoms with Gasteiger partial charge in [0.05, 0.1) is 4.92 Å². The van der Waals surface area contributed by atoms with E-state index in [0.717, 1.165) is 11.1 Å². The van der Waals surface area contributed by atoms with Crippen LogP contribution < -0.4 is 5.32 Å². The van der Waals surface area contributed by atoms with Gasteiger partial charge in [0.15, 0.2) is 0 Å². The van der Waals surface area contributed by atoms with E-state index in [1.165, 1.54) is 6.92 Å². The molecule has 0 atom stereocenters. The molecule has 2 heterocycles. The molecule has 100 valence electrons. The van der Waals surface area contributed by atoms with E-state index in [4.69, 9.17) is 11.6 Å². The van der Waals surface area contributed by atoms with Gasteiger partial charge in [0, 0.05) is 6.54 Å². The molecule has 2 aromatic rings. The Labute approximate surface area is 118 Å². The number of rotatable bonds is 4. The Hall–Kier alpha value is -1.73. The Balaban J connectivity index is 2.29. The number of hydrogen-bond donors (Lipinski definition) is 1. The average Bonchev–Trinajstić information content (AvgIpc) is 2.70. The van der Waals surface area contributed by atoms with E-state index in [-0.39, 0.29) is 22.5 Å². The Morgan fingerprint density at radius 2 is 2.16 bits per heavy atom. The van der Waals surface area contributed by atoms with Crippen molar-refractivity contribution >= 4 is 34.4 Å². The van der Waals surface area contributed by atoms with E-state index in [0.29, 0.717) is 6.54 Å². The van der Waals surface area contributed by atoms with Crippen molar-refractivity contribution in [1.82, 2.24) is 9.97 Å². The summed E-state index contributed by atoms with van der Waals surface area (Å²) in [7, 11) is 0. The van der Waals surface area contributed by atoms with Crippen LogP contribution in [0.5, 0.6) is 0 Å². The van der Waals surface area contributed by atoms with Crippen LogP contribution in [0.2, 0.25) is 5.28 Å². The van der Waals surface area contributed by atoms with Gasteiger partial charge in [0.25, 0.3) is 0 Å². The van der Waals surface area contributed by atoms with Crippen LogP contribution >= 0.6 is 22.9 Å². The van der Waals surface area contributed by atoms with Gasteiger partial charge in [-0.1, -0.05) is 0 Å². The predicted molar refractivity (Wildman–Crippen MR) is 74.8 cm³/mol. The lowest BCUT2D eigenvalue weighted by Gasteiger charge is -2.07. The van der Waals surface area contributed by atoms with Crippen LogP contribution in [-0.4, -0.2) is 14.9 Å². The first kappa shape index (κ1) is 13.7. The number of hydrogen-bond acceptors (Lipinski definition) is 6. The third-order valence-electron chi connectivity index (χ3n) is 2.62. The van der Waals surface area contributed by atoms with Gasteiger partial charge in [-0.05, 0) is 47.3 Å². The number of nitro groups is 1. The van der Waals surface area contributed by atoms with Gasteiger partial charge in [-0.15, -0.1) is 0 Å². The number of aryl methyl sites for hydroxylation is 2. The summed E-state index contributed by atoms with van der Waals surface area (Å²) < 4.78 is 0. The number of aromatic nitrogens is 2. The molecule has 0 aromatic carbocycles. The Morgan fingerprint density at radius 1 is 1.42 bits per heavy atom. The Kier molecular flexibility index (Phi) is 3.96. The van der Waals surface area contributed by atoms with Crippen LogP contribution in [0.3, 0.4) is 0 Å². The maximum Gasteiger partial charge on any atom is 0.332 e. The Bertz CT molecular complexity index is 629. The fourth-order valence-electron chi connectivity index (χ4n) is 1.62. The molecule has 0 unspecified atom stereocenters. The first-order chi connectivity index (χ1) is 8.99. The van der Waals surface area contributed by atoms with E-state index < -0.39 is 4.92 Å². The SMILES string of the molecule is Cc1cscc1CNc1nc(Cl)nc(C)c1[N+](=O)[O-]. The number of anilines is 1. The van der Waals surface area contributed by atoms with E-state index in [1.807, 2.05) is 17.7 Å². The zero-order valence-electron chi connectivity index (χ0n) is 10.3. The van der Waals surface area contributed by atoms with Gasteiger partial charge in [-0.2, -0.15) is 16.3 Å². The summed E-state index contributed by atoms with van der Waals surface area (Å²) in [6, 6.07) is 0. The van der Waals surface area contributed by atoms with E-state index >= 15 is 0 Å². The summed E-state index contributed by atoms with van der Waals surface area (Å²) in [6.45, 7) is 3.98. The molecule has 0 aliphatic heterocycles. The van der Waals surface area contributed by atoms with Crippen LogP contribution in [0.15, 0.2) is 10.8 Å². The fourth-order valence-corrected chi connectivity index (χ4v) is 2.69. The van der Waals surface area contributed by atoms with E-state index in [1.54, 1.807) is 11.3 Å². The van der Waals surface area contributed by atoms with Crippen molar-refractivity contribution in [2.45, 2.75) is 20.4 Å². The summed E-state index contributed by atoms with van der Waals surface area (Å²) in [5.74, 6) is 0.146. The van der Waals surface area contributed by atoms with Crippen LogP contribution in [0.4, 0.5) is 11.5 Å². The minimum absolute atomic E-state index is 0.00681. The highest BCUT2D eigenvalue weighted by Gasteiger charge is 2.21. The van der Waals surface area contributed by atoms with Crippen molar-refractivity contribution in [2.24, 2.45) is 0 Å². The maximum absolute atomic E-state index is 11.0. The van der Waals surface area contributed by atoms with Gasteiger partial charge in [-0.3, -0.25) is 10.1 Å². The van der Waals surface area contributed by atoms with Crippen LogP contribution in [0, 0.1) is 24.0 Å². The lowest BCUT2D eigenvalue weighted by molar-refractivity contribution is -0.385. The van der Waals surface area contributed by atoms with Gasteiger partial charge in [-0.25, -0.2) is 4.98 Å². The standard InChI is InChI=1S/C11H11ClN4O2S/c1-6-4-19-5-8(6)3-13-10-9(16(17)18)7(2)14-11(12)15-10/h4-5H,3H2,1-2H3,(H,13,14,15). The first-order valence-electron chi connectivity index (χ1n) is 5.43. The van der Waals surface area contributed by atoms with Crippen LogP contribution in [0.25, 0.3) is 0 Å². The molecule has 8 heteroatoms. The monoisotopic (exact) mass is 298 g/mol. The van der Waals surface area contributed by atoms with Crippen molar-refractivity contribution in [3.05, 3.63) is 43.0 Å². The quantitative estimate of drug-likeness (QED) is 0.532. The lowest BCUT2D eigenvalue weighted by Crippen LogP contribution is -2.07. The van der Waals surface area contributed by atoms with Crippen molar-refractivity contribution in [3.63, 3.8) is 0 Å². The molecule has 0 saturated carbocycles. The number of nitrogens with one attached hydrogen (secondary N) is 1. The van der Waals surface area contributed by atoms with Gasteiger partial charge >= 0.3 is 5.69 Å². The highest BCUT2D eigenvalue weighted by Crippen LogP contribution is 2.27. The smallest absolute Gasteiger partial charge is 0.332 e. The summed E-state index contributed by atoms with van der Waals surface area (Å²) in [4.78, 5) is 18.2. The number of halogens is 1. The minimum Gasteiger partial charge on any atom is -0.360 e.